The fourth-order valence-corrected chi connectivity index (χ4v) is 4.36. The first-order chi connectivity index (χ1) is 10.6. The van der Waals surface area contributed by atoms with Gasteiger partial charge >= 0.3 is 0 Å². The molecular weight excluding hydrogens is 385 g/mol. The molecule has 2 rings (SSSR count). The lowest BCUT2D eigenvalue weighted by molar-refractivity contribution is -0.120. The Morgan fingerprint density at radius 1 is 1.32 bits per heavy atom. The molecule has 0 radical (unpaired) electrons. The second-order valence-corrected chi connectivity index (χ2v) is 8.39. The quantitative estimate of drug-likeness (QED) is 0.653. The minimum atomic E-state index is -0.255. The highest BCUT2D eigenvalue weighted by molar-refractivity contribution is 9.11. The molecule has 0 saturated heterocycles. The summed E-state index contributed by atoms with van der Waals surface area (Å²) in [5.74, 6) is 1.62. The van der Waals surface area contributed by atoms with Crippen LogP contribution in [-0.2, 0) is 17.0 Å². The van der Waals surface area contributed by atoms with Crippen molar-refractivity contribution in [2.75, 3.05) is 12.3 Å². The molecule has 1 aromatic carbocycles. The third kappa shape index (κ3) is 6.50. The molecule has 0 atom stereocenters. The van der Waals surface area contributed by atoms with Gasteiger partial charge in [0.25, 0.3) is 0 Å². The van der Waals surface area contributed by atoms with Crippen LogP contribution in [0.15, 0.2) is 40.2 Å². The summed E-state index contributed by atoms with van der Waals surface area (Å²) in [5, 5.41) is 2.90. The maximum absolute atomic E-state index is 13.0. The number of carbonyl (C=O) groups excluding carboxylic acids is 1. The monoisotopic (exact) mass is 401 g/mol. The molecule has 6 heteroatoms. The zero-order valence-electron chi connectivity index (χ0n) is 12.0. The Balaban J connectivity index is 1.56. The number of thiophene rings is 1. The number of carbonyl (C=O) groups is 1. The van der Waals surface area contributed by atoms with Crippen molar-refractivity contribution in [3.8, 4) is 0 Å². The van der Waals surface area contributed by atoms with Crippen LogP contribution in [0.2, 0.25) is 0 Å². The normalized spacial score (nSPS) is 10.6. The fraction of sp³-hybridized carbons (Fsp3) is 0.312. The molecule has 0 aliphatic heterocycles. The SMILES string of the molecule is O=C(CCc1cccc(F)c1)NCCSCc1ccc(Br)s1. The molecule has 2 aromatic rings. The van der Waals surface area contributed by atoms with Gasteiger partial charge in [-0.1, -0.05) is 12.1 Å². The molecule has 118 valence electrons. The first kappa shape index (κ1) is 17.5. The minimum Gasteiger partial charge on any atom is -0.355 e. The van der Waals surface area contributed by atoms with Gasteiger partial charge in [-0.05, 0) is 52.2 Å². The number of amides is 1. The third-order valence-corrected chi connectivity index (χ3v) is 5.79. The average molecular weight is 402 g/mol. The molecule has 0 aliphatic carbocycles. The van der Waals surface area contributed by atoms with E-state index in [2.05, 4.69) is 33.4 Å². The molecule has 1 heterocycles. The summed E-state index contributed by atoms with van der Waals surface area (Å²) in [4.78, 5) is 13.0. The fourth-order valence-electron chi connectivity index (χ4n) is 1.90. The maximum atomic E-state index is 13.0. The van der Waals surface area contributed by atoms with Crippen molar-refractivity contribution < 1.29 is 9.18 Å². The summed E-state index contributed by atoms with van der Waals surface area (Å²) in [6.45, 7) is 0.666. The lowest BCUT2D eigenvalue weighted by Gasteiger charge is -2.05. The van der Waals surface area contributed by atoms with E-state index in [0.29, 0.717) is 19.4 Å². The van der Waals surface area contributed by atoms with Crippen LogP contribution in [0.4, 0.5) is 4.39 Å². The van der Waals surface area contributed by atoms with Crippen molar-refractivity contribution in [3.05, 3.63) is 56.4 Å². The second kappa shape index (κ2) is 9.33. The largest absolute Gasteiger partial charge is 0.355 e. The standard InChI is InChI=1S/C16H17BrFNOS2/c17-15-6-5-14(22-15)11-21-9-8-19-16(20)7-4-12-2-1-3-13(18)10-12/h1-3,5-6,10H,4,7-9,11H2,(H,19,20). The van der Waals surface area contributed by atoms with Gasteiger partial charge in [-0.15, -0.1) is 11.3 Å². The summed E-state index contributed by atoms with van der Waals surface area (Å²) in [7, 11) is 0. The highest BCUT2D eigenvalue weighted by Crippen LogP contribution is 2.25. The van der Waals surface area contributed by atoms with Crippen molar-refractivity contribution in [2.45, 2.75) is 18.6 Å². The lowest BCUT2D eigenvalue weighted by Crippen LogP contribution is -2.25. The topological polar surface area (TPSA) is 29.1 Å². The predicted molar refractivity (Wildman–Crippen MR) is 95.9 cm³/mol. The molecule has 0 saturated carbocycles. The van der Waals surface area contributed by atoms with E-state index in [-0.39, 0.29) is 11.7 Å². The van der Waals surface area contributed by atoms with Crippen LogP contribution < -0.4 is 5.32 Å². The smallest absolute Gasteiger partial charge is 0.220 e. The molecule has 0 bridgehead atoms. The molecule has 1 N–H and O–H groups in total. The highest BCUT2D eigenvalue weighted by atomic mass is 79.9. The van der Waals surface area contributed by atoms with Crippen molar-refractivity contribution in [1.82, 2.24) is 5.32 Å². The van der Waals surface area contributed by atoms with Gasteiger partial charge in [0.15, 0.2) is 0 Å². The molecule has 1 aromatic heterocycles. The summed E-state index contributed by atoms with van der Waals surface area (Å²) in [5.41, 5.74) is 0.854. The van der Waals surface area contributed by atoms with Gasteiger partial charge in [0.2, 0.25) is 5.91 Å². The van der Waals surface area contributed by atoms with E-state index in [1.807, 2.05) is 6.07 Å². The van der Waals surface area contributed by atoms with Crippen molar-refractivity contribution in [1.29, 1.82) is 0 Å². The van der Waals surface area contributed by atoms with E-state index in [0.717, 1.165) is 20.9 Å². The highest BCUT2D eigenvalue weighted by Gasteiger charge is 2.03. The summed E-state index contributed by atoms with van der Waals surface area (Å²) in [6, 6.07) is 10.6. The lowest BCUT2D eigenvalue weighted by atomic mass is 10.1. The van der Waals surface area contributed by atoms with Gasteiger partial charge in [-0.3, -0.25) is 4.79 Å². The van der Waals surface area contributed by atoms with Gasteiger partial charge < -0.3 is 5.32 Å². The van der Waals surface area contributed by atoms with Crippen LogP contribution in [0.5, 0.6) is 0 Å². The molecule has 0 spiro atoms. The van der Waals surface area contributed by atoms with Crippen LogP contribution in [0.1, 0.15) is 16.9 Å². The van der Waals surface area contributed by atoms with Gasteiger partial charge in [0.1, 0.15) is 5.82 Å². The summed E-state index contributed by atoms with van der Waals surface area (Å²) < 4.78 is 14.2. The summed E-state index contributed by atoms with van der Waals surface area (Å²) in [6.07, 6.45) is 0.964. The molecule has 0 aliphatic rings. The first-order valence-electron chi connectivity index (χ1n) is 6.96. The van der Waals surface area contributed by atoms with E-state index in [4.69, 9.17) is 0 Å². The van der Waals surface area contributed by atoms with Crippen molar-refractivity contribution in [3.63, 3.8) is 0 Å². The number of rotatable bonds is 8. The van der Waals surface area contributed by atoms with Crippen LogP contribution in [0.3, 0.4) is 0 Å². The Bertz CT molecular complexity index is 618. The Morgan fingerprint density at radius 3 is 2.91 bits per heavy atom. The molecule has 2 nitrogen and oxygen atoms in total. The number of nitrogens with one attached hydrogen (secondary N) is 1. The Labute approximate surface area is 146 Å². The second-order valence-electron chi connectivity index (χ2n) is 4.74. The van der Waals surface area contributed by atoms with Gasteiger partial charge in [-0.25, -0.2) is 4.39 Å². The number of hydrogen-bond acceptors (Lipinski definition) is 3. The number of hydrogen-bond donors (Lipinski definition) is 1. The zero-order valence-corrected chi connectivity index (χ0v) is 15.2. The number of halogens is 2. The van der Waals surface area contributed by atoms with E-state index in [1.54, 1.807) is 29.2 Å². The molecular formula is C16H17BrFNOS2. The van der Waals surface area contributed by atoms with Crippen molar-refractivity contribution >= 4 is 44.9 Å². The van der Waals surface area contributed by atoms with Crippen LogP contribution >= 0.6 is 39.0 Å². The number of thioether (sulfide) groups is 1. The predicted octanol–water partition coefficient (Wildman–Crippen LogP) is 4.63. The van der Waals surface area contributed by atoms with E-state index < -0.39 is 0 Å². The van der Waals surface area contributed by atoms with Crippen LogP contribution in [0, 0.1) is 5.82 Å². The van der Waals surface area contributed by atoms with Crippen LogP contribution in [-0.4, -0.2) is 18.2 Å². The van der Waals surface area contributed by atoms with E-state index in [9.17, 15) is 9.18 Å². The Morgan fingerprint density at radius 2 is 2.18 bits per heavy atom. The minimum absolute atomic E-state index is 0.0173. The molecule has 1 amide bonds. The Kier molecular flexibility index (Phi) is 7.42. The third-order valence-electron chi connectivity index (χ3n) is 2.97. The van der Waals surface area contributed by atoms with E-state index in [1.165, 1.54) is 17.0 Å². The van der Waals surface area contributed by atoms with Crippen LogP contribution in [0.25, 0.3) is 0 Å². The number of aryl methyl sites for hydroxylation is 1. The van der Waals surface area contributed by atoms with Gasteiger partial charge in [-0.2, -0.15) is 11.8 Å². The zero-order chi connectivity index (χ0) is 15.8. The van der Waals surface area contributed by atoms with E-state index >= 15 is 0 Å². The average Bonchev–Trinajstić information content (AvgIpc) is 2.90. The van der Waals surface area contributed by atoms with Crippen molar-refractivity contribution in [2.24, 2.45) is 0 Å². The van der Waals surface area contributed by atoms with Gasteiger partial charge in [0.05, 0.1) is 3.79 Å². The molecule has 22 heavy (non-hydrogen) atoms. The molecule has 0 unspecified atom stereocenters. The maximum Gasteiger partial charge on any atom is 0.220 e. The summed E-state index contributed by atoms with van der Waals surface area (Å²) >= 11 is 6.98. The first-order valence-corrected chi connectivity index (χ1v) is 9.73. The number of benzene rings is 1. The van der Waals surface area contributed by atoms with Gasteiger partial charge in [0, 0.05) is 29.3 Å². The Hall–Kier alpha value is -0.850. The molecule has 0 fully saturated rings.